The van der Waals surface area contributed by atoms with Gasteiger partial charge in [0, 0.05) is 18.1 Å². The normalized spacial score (nSPS) is 19.3. The molecule has 0 radical (unpaired) electrons. The number of hydrogen-bond acceptors (Lipinski definition) is 3. The molecule has 1 atom stereocenters. The highest BCUT2D eigenvalue weighted by atomic mass is 35.5. The smallest absolute Gasteiger partial charge is 0.242 e. The van der Waals surface area contributed by atoms with Crippen LogP contribution in [0.25, 0.3) is 0 Å². The number of hydrogen-bond donors (Lipinski definition) is 1. The van der Waals surface area contributed by atoms with Crippen molar-refractivity contribution < 1.29 is 4.79 Å². The van der Waals surface area contributed by atoms with Crippen LogP contribution < -0.4 is 10.2 Å². The molecule has 1 unspecified atom stereocenters. The molecule has 1 fully saturated rings. The molecule has 1 aromatic rings. The number of nitrogens with one attached hydrogen (secondary N) is 1. The number of anilines is 1. The topological polar surface area (TPSA) is 56.1 Å². The van der Waals surface area contributed by atoms with Gasteiger partial charge in [0.1, 0.15) is 12.1 Å². The molecule has 0 saturated carbocycles. The SMILES string of the molecule is CCC1C(=O)NCCN1c1ccc(Cl)cc1C#N. The van der Waals surface area contributed by atoms with Gasteiger partial charge in [-0.05, 0) is 24.6 Å². The molecule has 0 aromatic heterocycles. The number of amides is 1. The second-order valence-corrected chi connectivity index (χ2v) is 4.62. The largest absolute Gasteiger partial charge is 0.357 e. The van der Waals surface area contributed by atoms with Crippen LogP contribution in [0.1, 0.15) is 18.9 Å². The second-order valence-electron chi connectivity index (χ2n) is 4.18. The van der Waals surface area contributed by atoms with Gasteiger partial charge in [-0.3, -0.25) is 4.79 Å². The minimum Gasteiger partial charge on any atom is -0.357 e. The Labute approximate surface area is 111 Å². The lowest BCUT2D eigenvalue weighted by Gasteiger charge is -2.36. The summed E-state index contributed by atoms with van der Waals surface area (Å²) in [7, 11) is 0. The van der Waals surface area contributed by atoms with Crippen LogP contribution in [0.15, 0.2) is 18.2 Å². The molecule has 1 amide bonds. The molecule has 1 N–H and O–H groups in total. The average Bonchev–Trinajstić information content (AvgIpc) is 2.38. The fourth-order valence-electron chi connectivity index (χ4n) is 2.26. The molecule has 1 aliphatic rings. The van der Waals surface area contributed by atoms with Crippen LogP contribution in [0.3, 0.4) is 0 Å². The predicted molar refractivity (Wildman–Crippen MR) is 70.6 cm³/mol. The van der Waals surface area contributed by atoms with E-state index in [0.29, 0.717) is 30.1 Å². The van der Waals surface area contributed by atoms with E-state index < -0.39 is 0 Å². The van der Waals surface area contributed by atoms with E-state index in [1.165, 1.54) is 0 Å². The van der Waals surface area contributed by atoms with Gasteiger partial charge in [-0.15, -0.1) is 0 Å². The summed E-state index contributed by atoms with van der Waals surface area (Å²) >= 11 is 5.88. The standard InChI is InChI=1S/C13H14ClN3O/c1-2-11-13(18)16-5-6-17(11)12-4-3-10(14)7-9(12)8-15/h3-4,7,11H,2,5-6H2,1H3,(H,16,18). The Morgan fingerprint density at radius 2 is 2.39 bits per heavy atom. The van der Waals surface area contributed by atoms with Crippen LogP contribution in [-0.4, -0.2) is 25.0 Å². The van der Waals surface area contributed by atoms with Crippen molar-refractivity contribution in [1.82, 2.24) is 5.32 Å². The van der Waals surface area contributed by atoms with Gasteiger partial charge in [0.25, 0.3) is 0 Å². The van der Waals surface area contributed by atoms with Crippen molar-refractivity contribution in [3.8, 4) is 6.07 Å². The highest BCUT2D eigenvalue weighted by Gasteiger charge is 2.29. The van der Waals surface area contributed by atoms with E-state index in [0.717, 1.165) is 5.69 Å². The zero-order chi connectivity index (χ0) is 13.1. The van der Waals surface area contributed by atoms with Gasteiger partial charge in [-0.2, -0.15) is 5.26 Å². The van der Waals surface area contributed by atoms with E-state index in [2.05, 4.69) is 11.4 Å². The van der Waals surface area contributed by atoms with Crippen molar-refractivity contribution in [3.63, 3.8) is 0 Å². The summed E-state index contributed by atoms with van der Waals surface area (Å²) in [4.78, 5) is 13.8. The predicted octanol–water partition coefficient (Wildman–Crippen LogP) is 1.93. The summed E-state index contributed by atoms with van der Waals surface area (Å²) in [5.74, 6) is 0.0163. The molecule has 1 saturated heterocycles. The van der Waals surface area contributed by atoms with Crippen LogP contribution in [0.2, 0.25) is 5.02 Å². The van der Waals surface area contributed by atoms with Crippen LogP contribution in [0.5, 0.6) is 0 Å². The Morgan fingerprint density at radius 1 is 1.61 bits per heavy atom. The third-order valence-electron chi connectivity index (χ3n) is 3.11. The number of rotatable bonds is 2. The first kappa shape index (κ1) is 12.7. The Kier molecular flexibility index (Phi) is 3.73. The Bertz CT molecular complexity index is 509. The third-order valence-corrected chi connectivity index (χ3v) is 3.34. The zero-order valence-electron chi connectivity index (χ0n) is 10.1. The molecule has 0 bridgehead atoms. The minimum absolute atomic E-state index is 0.0163. The lowest BCUT2D eigenvalue weighted by molar-refractivity contribution is -0.123. The fourth-order valence-corrected chi connectivity index (χ4v) is 2.43. The number of piperazine rings is 1. The van der Waals surface area contributed by atoms with Crippen LogP contribution in [0, 0.1) is 11.3 Å². The number of halogens is 1. The number of nitrogens with zero attached hydrogens (tertiary/aromatic N) is 2. The van der Waals surface area contributed by atoms with Crippen molar-refractivity contribution >= 4 is 23.2 Å². The Morgan fingerprint density at radius 3 is 3.06 bits per heavy atom. The number of benzene rings is 1. The van der Waals surface area contributed by atoms with Gasteiger partial charge in [0.2, 0.25) is 5.91 Å². The molecule has 4 nitrogen and oxygen atoms in total. The maximum absolute atomic E-state index is 11.8. The summed E-state index contributed by atoms with van der Waals surface area (Å²) in [6.45, 7) is 3.27. The quantitative estimate of drug-likeness (QED) is 0.887. The first-order chi connectivity index (χ1) is 8.67. The van der Waals surface area contributed by atoms with Crippen molar-refractivity contribution in [3.05, 3.63) is 28.8 Å². The summed E-state index contributed by atoms with van der Waals surface area (Å²) in [5.41, 5.74) is 1.29. The highest BCUT2D eigenvalue weighted by molar-refractivity contribution is 6.30. The van der Waals surface area contributed by atoms with Crippen LogP contribution >= 0.6 is 11.6 Å². The fraction of sp³-hybridized carbons (Fsp3) is 0.385. The summed E-state index contributed by atoms with van der Waals surface area (Å²) in [6.07, 6.45) is 0.708. The lowest BCUT2D eigenvalue weighted by atomic mass is 10.1. The van der Waals surface area contributed by atoms with Crippen LogP contribution in [0.4, 0.5) is 5.69 Å². The maximum atomic E-state index is 11.8. The molecule has 94 valence electrons. The van der Waals surface area contributed by atoms with Gasteiger partial charge in [0.15, 0.2) is 0 Å². The molecule has 0 aliphatic carbocycles. The Balaban J connectivity index is 2.41. The molecular formula is C13H14ClN3O. The van der Waals surface area contributed by atoms with E-state index in [-0.39, 0.29) is 11.9 Å². The summed E-state index contributed by atoms with van der Waals surface area (Å²) in [5, 5.41) is 12.5. The molecule has 1 heterocycles. The van der Waals surface area contributed by atoms with Crippen molar-refractivity contribution in [2.24, 2.45) is 0 Å². The van der Waals surface area contributed by atoms with Gasteiger partial charge in [0.05, 0.1) is 11.3 Å². The molecule has 5 heteroatoms. The van der Waals surface area contributed by atoms with Gasteiger partial charge in [-0.1, -0.05) is 18.5 Å². The lowest BCUT2D eigenvalue weighted by Crippen LogP contribution is -2.55. The molecule has 18 heavy (non-hydrogen) atoms. The third kappa shape index (κ3) is 2.27. The molecule has 0 spiro atoms. The van der Waals surface area contributed by atoms with Crippen LogP contribution in [-0.2, 0) is 4.79 Å². The van der Waals surface area contributed by atoms with E-state index in [1.807, 2.05) is 17.9 Å². The maximum Gasteiger partial charge on any atom is 0.242 e. The van der Waals surface area contributed by atoms with Crippen molar-refractivity contribution in [1.29, 1.82) is 5.26 Å². The highest BCUT2D eigenvalue weighted by Crippen LogP contribution is 2.27. The number of carbonyl (C=O) groups is 1. The number of nitriles is 1. The van der Waals surface area contributed by atoms with E-state index in [1.54, 1.807) is 12.1 Å². The first-order valence-corrected chi connectivity index (χ1v) is 6.29. The second kappa shape index (κ2) is 5.28. The van der Waals surface area contributed by atoms with Crippen molar-refractivity contribution in [2.75, 3.05) is 18.0 Å². The Hall–Kier alpha value is -1.73. The molecule has 1 aliphatic heterocycles. The molecular weight excluding hydrogens is 250 g/mol. The van der Waals surface area contributed by atoms with E-state index in [4.69, 9.17) is 16.9 Å². The zero-order valence-corrected chi connectivity index (χ0v) is 10.9. The first-order valence-electron chi connectivity index (χ1n) is 5.91. The van der Waals surface area contributed by atoms with E-state index >= 15 is 0 Å². The molecule has 2 rings (SSSR count). The van der Waals surface area contributed by atoms with E-state index in [9.17, 15) is 4.79 Å². The average molecular weight is 264 g/mol. The monoisotopic (exact) mass is 263 g/mol. The van der Waals surface area contributed by atoms with Crippen molar-refractivity contribution in [2.45, 2.75) is 19.4 Å². The summed E-state index contributed by atoms with van der Waals surface area (Å²) in [6, 6.07) is 7.11. The number of carbonyl (C=O) groups excluding carboxylic acids is 1. The van der Waals surface area contributed by atoms with Gasteiger partial charge in [-0.25, -0.2) is 0 Å². The minimum atomic E-state index is -0.216. The van der Waals surface area contributed by atoms with Gasteiger partial charge < -0.3 is 10.2 Å². The summed E-state index contributed by atoms with van der Waals surface area (Å²) < 4.78 is 0. The molecule has 1 aromatic carbocycles. The van der Waals surface area contributed by atoms with Gasteiger partial charge >= 0.3 is 0 Å².